The molecule has 25 heavy (non-hydrogen) atoms. The number of rotatable bonds is 4. The number of para-hydroxylation sites is 1. The van der Waals surface area contributed by atoms with E-state index in [0.29, 0.717) is 5.92 Å². The van der Waals surface area contributed by atoms with E-state index >= 15 is 0 Å². The summed E-state index contributed by atoms with van der Waals surface area (Å²) in [6, 6.07) is 12.8. The van der Waals surface area contributed by atoms with Crippen molar-refractivity contribution in [3.05, 3.63) is 59.5 Å². The molecule has 4 heteroatoms. The smallest absolute Gasteiger partial charge is 0.0932 e. The highest BCUT2D eigenvalue weighted by Gasteiger charge is 2.27. The minimum absolute atomic E-state index is 0.0681. The summed E-state index contributed by atoms with van der Waals surface area (Å²) in [6.45, 7) is 8.97. The minimum Gasteiger partial charge on any atom is -0.344 e. The Kier molecular flexibility index (Phi) is 3.64. The number of nitrogens with zero attached hydrogens (tertiary/aromatic N) is 2. The van der Waals surface area contributed by atoms with Crippen LogP contribution in [0.25, 0.3) is 21.9 Å². The molecule has 0 aliphatic rings. The van der Waals surface area contributed by atoms with E-state index in [0.717, 1.165) is 23.0 Å². The fraction of sp³-hybridized carbons (Fsp3) is 0.333. The number of aromatic nitrogens is 4. The fourth-order valence-electron chi connectivity index (χ4n) is 3.77. The van der Waals surface area contributed by atoms with E-state index in [1.54, 1.807) is 6.33 Å². The van der Waals surface area contributed by atoms with Crippen LogP contribution in [0.15, 0.2) is 42.7 Å². The quantitative estimate of drug-likeness (QED) is 0.547. The Hall–Kier alpha value is -2.62. The molecule has 128 valence electrons. The highest BCUT2D eigenvalue weighted by atomic mass is 15.1. The van der Waals surface area contributed by atoms with E-state index in [9.17, 15) is 0 Å². The highest BCUT2D eigenvalue weighted by Crippen LogP contribution is 2.34. The summed E-state index contributed by atoms with van der Waals surface area (Å²) in [5.41, 5.74) is 6.97. The number of H-pyrrole nitrogens is 2. The summed E-state index contributed by atoms with van der Waals surface area (Å²) in [6.07, 6.45) is 2.71. The van der Waals surface area contributed by atoms with Gasteiger partial charge in [0.15, 0.2) is 0 Å². The zero-order valence-corrected chi connectivity index (χ0v) is 15.2. The van der Waals surface area contributed by atoms with Crippen LogP contribution < -0.4 is 0 Å². The van der Waals surface area contributed by atoms with Crippen LogP contribution in [0.1, 0.15) is 50.4 Å². The summed E-state index contributed by atoms with van der Waals surface area (Å²) < 4.78 is 0. The third-order valence-corrected chi connectivity index (χ3v) is 5.09. The van der Waals surface area contributed by atoms with Crippen molar-refractivity contribution in [2.75, 3.05) is 0 Å². The first-order valence-corrected chi connectivity index (χ1v) is 8.86. The van der Waals surface area contributed by atoms with Crippen molar-refractivity contribution >= 4 is 21.9 Å². The van der Waals surface area contributed by atoms with Gasteiger partial charge in [0.25, 0.3) is 0 Å². The summed E-state index contributed by atoms with van der Waals surface area (Å²) in [5, 5.41) is 8.94. The summed E-state index contributed by atoms with van der Waals surface area (Å²) >= 11 is 0. The predicted octanol–water partition coefficient (Wildman–Crippen LogP) is 5.08. The van der Waals surface area contributed by atoms with E-state index in [2.05, 4.69) is 78.2 Å². The Bertz CT molecular complexity index is 1040. The molecule has 2 aromatic carbocycles. The fourth-order valence-corrected chi connectivity index (χ4v) is 3.77. The number of imidazole rings is 1. The SMILES string of the molecule is CC(C)c1ccc(CC(C)(C)c2[nH]nc3ccccc23)c2nc[nH]c12. The van der Waals surface area contributed by atoms with Crippen LogP contribution in [0.5, 0.6) is 0 Å². The zero-order valence-electron chi connectivity index (χ0n) is 15.2. The third-order valence-electron chi connectivity index (χ3n) is 5.09. The molecular weight excluding hydrogens is 308 g/mol. The molecule has 2 aromatic heterocycles. The van der Waals surface area contributed by atoms with Crippen LogP contribution in [-0.4, -0.2) is 20.2 Å². The Morgan fingerprint density at radius 3 is 2.68 bits per heavy atom. The number of hydrogen-bond acceptors (Lipinski definition) is 2. The molecule has 2 N–H and O–H groups in total. The van der Waals surface area contributed by atoms with Crippen LogP contribution in [0, 0.1) is 0 Å². The molecule has 4 nitrogen and oxygen atoms in total. The van der Waals surface area contributed by atoms with Gasteiger partial charge < -0.3 is 4.98 Å². The molecule has 0 spiro atoms. The number of nitrogens with one attached hydrogen (secondary N) is 2. The maximum absolute atomic E-state index is 4.61. The lowest BCUT2D eigenvalue weighted by Gasteiger charge is -2.24. The molecule has 0 fully saturated rings. The molecule has 2 heterocycles. The Morgan fingerprint density at radius 1 is 1.08 bits per heavy atom. The first kappa shape index (κ1) is 15.9. The predicted molar refractivity (Wildman–Crippen MR) is 103 cm³/mol. The van der Waals surface area contributed by atoms with Crippen molar-refractivity contribution in [2.45, 2.75) is 45.4 Å². The number of fused-ring (bicyclic) bond motifs is 2. The van der Waals surface area contributed by atoms with Crippen molar-refractivity contribution in [1.29, 1.82) is 0 Å². The average molecular weight is 332 g/mol. The number of hydrogen-bond donors (Lipinski definition) is 2. The minimum atomic E-state index is -0.0681. The van der Waals surface area contributed by atoms with Crippen LogP contribution >= 0.6 is 0 Å². The Morgan fingerprint density at radius 2 is 1.88 bits per heavy atom. The third kappa shape index (κ3) is 2.62. The van der Waals surface area contributed by atoms with E-state index in [1.807, 2.05) is 6.07 Å². The molecule has 0 saturated heterocycles. The molecule has 0 atom stereocenters. The van der Waals surface area contributed by atoms with Crippen molar-refractivity contribution in [3.63, 3.8) is 0 Å². The number of benzene rings is 2. The van der Waals surface area contributed by atoms with Crippen molar-refractivity contribution in [3.8, 4) is 0 Å². The molecular formula is C21H24N4. The second-order valence-electron chi connectivity index (χ2n) is 7.77. The Labute approximate surface area is 147 Å². The molecule has 0 bridgehead atoms. The molecule has 0 aliphatic heterocycles. The van der Waals surface area contributed by atoms with Crippen LogP contribution in [-0.2, 0) is 11.8 Å². The lowest BCUT2D eigenvalue weighted by atomic mass is 9.80. The first-order valence-electron chi connectivity index (χ1n) is 8.86. The van der Waals surface area contributed by atoms with Crippen molar-refractivity contribution in [2.24, 2.45) is 0 Å². The monoisotopic (exact) mass is 332 g/mol. The molecule has 0 aliphatic carbocycles. The normalized spacial score (nSPS) is 12.5. The van der Waals surface area contributed by atoms with E-state index in [-0.39, 0.29) is 5.41 Å². The van der Waals surface area contributed by atoms with Gasteiger partial charge in [0, 0.05) is 16.5 Å². The van der Waals surface area contributed by atoms with Gasteiger partial charge in [-0.2, -0.15) is 5.10 Å². The van der Waals surface area contributed by atoms with Gasteiger partial charge >= 0.3 is 0 Å². The van der Waals surface area contributed by atoms with E-state index < -0.39 is 0 Å². The molecule has 0 unspecified atom stereocenters. The van der Waals surface area contributed by atoms with Gasteiger partial charge in [-0.05, 0) is 29.5 Å². The maximum atomic E-state index is 4.61. The number of aromatic amines is 2. The second-order valence-corrected chi connectivity index (χ2v) is 7.77. The average Bonchev–Trinajstić information content (AvgIpc) is 3.22. The van der Waals surface area contributed by atoms with E-state index in [4.69, 9.17) is 0 Å². The largest absolute Gasteiger partial charge is 0.344 e. The summed E-state index contributed by atoms with van der Waals surface area (Å²) in [5.74, 6) is 0.474. The topological polar surface area (TPSA) is 57.4 Å². The second kappa shape index (κ2) is 5.73. The molecule has 0 radical (unpaired) electrons. The molecule has 0 saturated carbocycles. The van der Waals surface area contributed by atoms with Gasteiger partial charge in [-0.3, -0.25) is 5.10 Å². The van der Waals surface area contributed by atoms with E-state index in [1.165, 1.54) is 22.2 Å². The highest BCUT2D eigenvalue weighted by molar-refractivity contribution is 5.84. The standard InChI is InChI=1S/C21H24N4/c1-13(2)15-10-9-14(18-19(15)23-12-22-18)11-21(3,4)20-16-7-5-6-8-17(16)24-25-20/h5-10,12-13H,11H2,1-4H3,(H,22,23)(H,24,25). The van der Waals surface area contributed by atoms with Crippen LogP contribution in [0.2, 0.25) is 0 Å². The lowest BCUT2D eigenvalue weighted by molar-refractivity contribution is 0.509. The van der Waals surface area contributed by atoms with Gasteiger partial charge in [-0.1, -0.05) is 58.0 Å². The van der Waals surface area contributed by atoms with Gasteiger partial charge in [-0.15, -0.1) is 0 Å². The summed E-state index contributed by atoms with van der Waals surface area (Å²) in [7, 11) is 0. The van der Waals surface area contributed by atoms with Crippen LogP contribution in [0.4, 0.5) is 0 Å². The Balaban J connectivity index is 1.78. The van der Waals surface area contributed by atoms with Gasteiger partial charge in [0.05, 0.1) is 22.9 Å². The first-order chi connectivity index (χ1) is 12.0. The van der Waals surface area contributed by atoms with Gasteiger partial charge in [0.2, 0.25) is 0 Å². The lowest BCUT2D eigenvalue weighted by Crippen LogP contribution is -2.21. The zero-order chi connectivity index (χ0) is 17.6. The molecule has 0 amide bonds. The summed E-state index contributed by atoms with van der Waals surface area (Å²) in [4.78, 5) is 7.94. The van der Waals surface area contributed by atoms with Gasteiger partial charge in [-0.25, -0.2) is 4.98 Å². The van der Waals surface area contributed by atoms with Crippen molar-refractivity contribution in [1.82, 2.24) is 20.2 Å². The molecule has 4 aromatic rings. The molecule has 4 rings (SSSR count). The van der Waals surface area contributed by atoms with Gasteiger partial charge in [0.1, 0.15) is 0 Å². The maximum Gasteiger partial charge on any atom is 0.0932 e. The van der Waals surface area contributed by atoms with Crippen LogP contribution in [0.3, 0.4) is 0 Å². The van der Waals surface area contributed by atoms with Crippen molar-refractivity contribution < 1.29 is 0 Å².